The molecular formula is C14H24N2O5. The molecule has 7 nitrogen and oxygen atoms in total. The van der Waals surface area contributed by atoms with Gasteiger partial charge in [0.1, 0.15) is 6.54 Å². The number of likely N-dealkylation sites (N-methyl/N-ethyl adjacent to an activating group) is 1. The second-order valence-electron chi connectivity index (χ2n) is 5.47. The molecule has 0 unspecified atom stereocenters. The van der Waals surface area contributed by atoms with Crippen molar-refractivity contribution in [1.29, 1.82) is 0 Å². The Balaban J connectivity index is 2.49. The topological polar surface area (TPSA) is 95.9 Å². The van der Waals surface area contributed by atoms with Crippen LogP contribution in [-0.4, -0.2) is 54.7 Å². The van der Waals surface area contributed by atoms with E-state index in [9.17, 15) is 19.5 Å². The van der Waals surface area contributed by atoms with Crippen molar-refractivity contribution in [2.75, 3.05) is 26.7 Å². The van der Waals surface area contributed by atoms with Crippen LogP contribution in [0.5, 0.6) is 0 Å². The first-order valence-corrected chi connectivity index (χ1v) is 7.29. The number of amides is 2. The number of urea groups is 1. The van der Waals surface area contributed by atoms with Crippen LogP contribution in [0.4, 0.5) is 4.79 Å². The minimum absolute atomic E-state index is 0.0916. The van der Waals surface area contributed by atoms with Crippen LogP contribution in [0, 0.1) is 5.41 Å². The molecule has 0 bridgehead atoms. The van der Waals surface area contributed by atoms with Crippen LogP contribution in [-0.2, 0) is 14.3 Å². The number of hydrogen-bond acceptors (Lipinski definition) is 4. The number of nitrogens with zero attached hydrogens (tertiary/aromatic N) is 1. The molecule has 1 aliphatic carbocycles. The molecule has 7 heteroatoms. The van der Waals surface area contributed by atoms with Crippen LogP contribution in [0.25, 0.3) is 0 Å². The number of hydrogen-bond donors (Lipinski definition) is 2. The Labute approximate surface area is 124 Å². The van der Waals surface area contributed by atoms with Crippen molar-refractivity contribution in [3.63, 3.8) is 0 Å². The van der Waals surface area contributed by atoms with Crippen LogP contribution in [0.1, 0.15) is 39.0 Å². The standard InChI is InChI=1S/C14H24N2O5/c1-3-21-11(17)9-16(2)13(20)15-10-14(12(18)19)7-5-4-6-8-14/h3-10H2,1-2H3,(H,15,20)(H,18,19). The summed E-state index contributed by atoms with van der Waals surface area (Å²) >= 11 is 0. The number of esters is 1. The minimum atomic E-state index is -0.876. The van der Waals surface area contributed by atoms with E-state index in [1.54, 1.807) is 6.92 Å². The fraction of sp³-hybridized carbons (Fsp3) is 0.786. The van der Waals surface area contributed by atoms with Gasteiger partial charge >= 0.3 is 18.0 Å². The van der Waals surface area contributed by atoms with Crippen LogP contribution < -0.4 is 5.32 Å². The molecule has 0 aromatic heterocycles. The molecule has 0 aromatic carbocycles. The van der Waals surface area contributed by atoms with E-state index in [4.69, 9.17) is 4.74 Å². The van der Waals surface area contributed by atoms with E-state index in [0.29, 0.717) is 12.8 Å². The molecule has 0 radical (unpaired) electrons. The highest BCUT2D eigenvalue weighted by atomic mass is 16.5. The van der Waals surface area contributed by atoms with Crippen molar-refractivity contribution in [3.05, 3.63) is 0 Å². The van der Waals surface area contributed by atoms with E-state index >= 15 is 0 Å². The van der Waals surface area contributed by atoms with Gasteiger partial charge < -0.3 is 20.1 Å². The van der Waals surface area contributed by atoms with Gasteiger partial charge in [0.15, 0.2) is 0 Å². The zero-order valence-corrected chi connectivity index (χ0v) is 12.7. The number of carboxylic acids is 1. The third kappa shape index (κ3) is 4.91. The molecule has 2 N–H and O–H groups in total. The largest absolute Gasteiger partial charge is 0.481 e. The Morgan fingerprint density at radius 2 is 1.86 bits per heavy atom. The van der Waals surface area contributed by atoms with Crippen LogP contribution in [0.2, 0.25) is 0 Å². The number of carbonyl (C=O) groups is 3. The lowest BCUT2D eigenvalue weighted by molar-refractivity contribution is -0.150. The number of ether oxygens (including phenoxy) is 1. The SMILES string of the molecule is CCOC(=O)CN(C)C(=O)NCC1(C(=O)O)CCCCC1. The molecule has 1 aliphatic rings. The monoisotopic (exact) mass is 300 g/mol. The second-order valence-corrected chi connectivity index (χ2v) is 5.47. The predicted octanol–water partition coefficient (Wildman–Crippen LogP) is 1.23. The summed E-state index contributed by atoms with van der Waals surface area (Å²) in [7, 11) is 1.47. The minimum Gasteiger partial charge on any atom is -0.481 e. The molecule has 21 heavy (non-hydrogen) atoms. The van der Waals surface area contributed by atoms with Crippen molar-refractivity contribution in [2.24, 2.45) is 5.41 Å². The van der Waals surface area contributed by atoms with E-state index in [1.165, 1.54) is 11.9 Å². The van der Waals surface area contributed by atoms with Gasteiger partial charge in [0.05, 0.1) is 12.0 Å². The average molecular weight is 300 g/mol. The van der Waals surface area contributed by atoms with E-state index < -0.39 is 23.4 Å². The molecule has 0 spiro atoms. The Morgan fingerprint density at radius 3 is 2.38 bits per heavy atom. The summed E-state index contributed by atoms with van der Waals surface area (Å²) in [5.74, 6) is -1.35. The van der Waals surface area contributed by atoms with Gasteiger partial charge in [0.2, 0.25) is 0 Å². The first-order chi connectivity index (χ1) is 9.91. The summed E-state index contributed by atoms with van der Waals surface area (Å²) in [5.41, 5.74) is -0.876. The van der Waals surface area contributed by atoms with Gasteiger partial charge in [-0.15, -0.1) is 0 Å². The highest BCUT2D eigenvalue weighted by Gasteiger charge is 2.40. The molecule has 1 saturated carbocycles. The number of carbonyl (C=O) groups excluding carboxylic acids is 2. The molecule has 0 heterocycles. The maximum Gasteiger partial charge on any atom is 0.325 e. The van der Waals surface area contributed by atoms with Crippen molar-refractivity contribution in [1.82, 2.24) is 10.2 Å². The first kappa shape index (κ1) is 17.3. The average Bonchev–Trinajstić information content (AvgIpc) is 2.45. The number of rotatable bonds is 6. The summed E-state index contributed by atoms with van der Waals surface area (Å²) in [6.07, 6.45) is 3.90. The van der Waals surface area contributed by atoms with Crippen molar-refractivity contribution in [2.45, 2.75) is 39.0 Å². The molecular weight excluding hydrogens is 276 g/mol. The molecule has 0 aromatic rings. The normalized spacial score (nSPS) is 16.9. The van der Waals surface area contributed by atoms with E-state index in [2.05, 4.69) is 5.32 Å². The Bertz CT molecular complexity index is 391. The predicted molar refractivity (Wildman–Crippen MR) is 75.8 cm³/mol. The van der Waals surface area contributed by atoms with Crippen LogP contribution >= 0.6 is 0 Å². The van der Waals surface area contributed by atoms with Crippen molar-refractivity contribution in [3.8, 4) is 0 Å². The lowest BCUT2D eigenvalue weighted by atomic mass is 9.74. The van der Waals surface area contributed by atoms with Gasteiger partial charge in [-0.05, 0) is 19.8 Å². The summed E-state index contributed by atoms with van der Waals surface area (Å²) in [6.45, 7) is 1.89. The lowest BCUT2D eigenvalue weighted by Crippen LogP contribution is -2.48. The summed E-state index contributed by atoms with van der Waals surface area (Å²) in [5, 5.41) is 12.0. The molecule has 0 aliphatic heterocycles. The van der Waals surface area contributed by atoms with Crippen molar-refractivity contribution < 1.29 is 24.2 Å². The molecule has 0 atom stereocenters. The van der Waals surface area contributed by atoms with Crippen molar-refractivity contribution >= 4 is 18.0 Å². The lowest BCUT2D eigenvalue weighted by Gasteiger charge is -2.33. The zero-order chi connectivity index (χ0) is 15.9. The van der Waals surface area contributed by atoms with Gasteiger partial charge in [-0.2, -0.15) is 0 Å². The first-order valence-electron chi connectivity index (χ1n) is 7.29. The fourth-order valence-corrected chi connectivity index (χ4v) is 2.55. The third-order valence-corrected chi connectivity index (χ3v) is 3.86. The third-order valence-electron chi connectivity index (χ3n) is 3.86. The number of carboxylic acid groups (broad SMARTS) is 1. The van der Waals surface area contributed by atoms with Gasteiger partial charge in [-0.3, -0.25) is 9.59 Å². The Hall–Kier alpha value is -1.79. The molecule has 0 saturated heterocycles. The molecule has 1 rings (SSSR count). The molecule has 1 fully saturated rings. The highest BCUT2D eigenvalue weighted by molar-refractivity contribution is 5.81. The van der Waals surface area contributed by atoms with E-state index in [0.717, 1.165) is 19.3 Å². The summed E-state index contributed by atoms with van der Waals surface area (Å²) < 4.78 is 4.76. The number of nitrogens with one attached hydrogen (secondary N) is 1. The van der Waals surface area contributed by atoms with Gasteiger partial charge in [-0.1, -0.05) is 19.3 Å². The molecule has 120 valence electrons. The Morgan fingerprint density at radius 1 is 1.24 bits per heavy atom. The maximum atomic E-state index is 11.9. The van der Waals surface area contributed by atoms with Gasteiger partial charge in [0.25, 0.3) is 0 Å². The van der Waals surface area contributed by atoms with Crippen LogP contribution in [0.15, 0.2) is 0 Å². The van der Waals surface area contributed by atoms with Gasteiger partial charge in [0, 0.05) is 13.6 Å². The van der Waals surface area contributed by atoms with Gasteiger partial charge in [-0.25, -0.2) is 4.79 Å². The zero-order valence-electron chi connectivity index (χ0n) is 12.7. The summed E-state index contributed by atoms with van der Waals surface area (Å²) in [6, 6.07) is -0.464. The quantitative estimate of drug-likeness (QED) is 0.719. The molecule has 2 amide bonds. The second kappa shape index (κ2) is 7.85. The smallest absolute Gasteiger partial charge is 0.325 e. The van der Waals surface area contributed by atoms with Crippen LogP contribution in [0.3, 0.4) is 0 Å². The highest BCUT2D eigenvalue weighted by Crippen LogP contribution is 2.35. The van der Waals surface area contributed by atoms with E-state index in [-0.39, 0.29) is 19.7 Å². The maximum absolute atomic E-state index is 11.9. The number of aliphatic carboxylic acids is 1. The Kier molecular flexibility index (Phi) is 6.45. The summed E-state index contributed by atoms with van der Waals surface area (Å²) in [4.78, 5) is 35.9. The van der Waals surface area contributed by atoms with E-state index in [1.807, 2.05) is 0 Å². The fourth-order valence-electron chi connectivity index (χ4n) is 2.55.